The van der Waals surface area contributed by atoms with Gasteiger partial charge >= 0.3 is 0 Å². The third-order valence-electron chi connectivity index (χ3n) is 4.67. The number of piperazine rings is 1. The maximum absolute atomic E-state index is 4.90. The molecule has 0 aromatic carbocycles. The molecule has 3 rings (SSSR count). The van der Waals surface area contributed by atoms with Crippen LogP contribution in [0.25, 0.3) is 0 Å². The van der Waals surface area contributed by atoms with E-state index in [1.54, 1.807) is 6.26 Å². The molecule has 1 aromatic heterocycles. The van der Waals surface area contributed by atoms with E-state index >= 15 is 0 Å². The highest BCUT2D eigenvalue weighted by atomic mass is 127. The highest BCUT2D eigenvalue weighted by Crippen LogP contribution is 2.44. The van der Waals surface area contributed by atoms with Crippen LogP contribution in [0.4, 0.5) is 0 Å². The average Bonchev–Trinajstić information content (AvgIpc) is 2.89. The van der Waals surface area contributed by atoms with Gasteiger partial charge in [-0.05, 0) is 18.8 Å². The van der Waals surface area contributed by atoms with Crippen molar-refractivity contribution in [1.29, 1.82) is 0 Å². The van der Waals surface area contributed by atoms with Crippen LogP contribution in [-0.2, 0) is 6.54 Å². The Balaban J connectivity index is 0.00000192. The van der Waals surface area contributed by atoms with Gasteiger partial charge < -0.3 is 14.7 Å². The molecule has 23 heavy (non-hydrogen) atoms. The average molecular weight is 433 g/mol. The molecule has 2 fully saturated rings. The Morgan fingerprint density at radius 1 is 1.39 bits per heavy atom. The van der Waals surface area contributed by atoms with Crippen molar-refractivity contribution in [3.63, 3.8) is 0 Å². The lowest BCUT2D eigenvalue weighted by Crippen LogP contribution is -2.53. The Kier molecular flexibility index (Phi) is 6.30. The Morgan fingerprint density at radius 3 is 2.61 bits per heavy atom. The normalized spacial score (nSPS) is 24.2. The van der Waals surface area contributed by atoms with Gasteiger partial charge in [0.05, 0.1) is 5.69 Å². The molecule has 0 spiro atoms. The van der Waals surface area contributed by atoms with Gasteiger partial charge in [0, 0.05) is 51.4 Å². The second kappa shape index (κ2) is 7.83. The van der Waals surface area contributed by atoms with Crippen molar-refractivity contribution in [2.75, 3.05) is 32.7 Å². The van der Waals surface area contributed by atoms with Crippen LogP contribution >= 0.6 is 24.0 Å². The number of nitrogens with one attached hydrogen (secondary N) is 1. The van der Waals surface area contributed by atoms with Gasteiger partial charge in [-0.25, -0.2) is 0 Å². The van der Waals surface area contributed by atoms with E-state index in [0.29, 0.717) is 11.5 Å². The molecule has 0 radical (unpaired) electrons. The fourth-order valence-corrected chi connectivity index (χ4v) is 2.92. The smallest absolute Gasteiger partial charge is 0.194 e. The van der Waals surface area contributed by atoms with Gasteiger partial charge in [-0.3, -0.25) is 9.89 Å². The number of rotatable bonds is 4. The molecule has 0 bridgehead atoms. The Morgan fingerprint density at radius 2 is 2.09 bits per heavy atom. The van der Waals surface area contributed by atoms with Crippen molar-refractivity contribution < 1.29 is 4.52 Å². The molecular formula is C16H28IN5O. The molecule has 1 aliphatic heterocycles. The summed E-state index contributed by atoms with van der Waals surface area (Å²) in [5, 5.41) is 7.63. The minimum atomic E-state index is 0. The van der Waals surface area contributed by atoms with Gasteiger partial charge in [0.1, 0.15) is 6.26 Å². The minimum Gasteiger partial charge on any atom is -0.364 e. The van der Waals surface area contributed by atoms with E-state index in [2.05, 4.69) is 46.0 Å². The van der Waals surface area contributed by atoms with Crippen molar-refractivity contribution in [3.8, 4) is 0 Å². The lowest BCUT2D eigenvalue weighted by atomic mass is 10.2. The first kappa shape index (κ1) is 18.5. The monoisotopic (exact) mass is 433 g/mol. The molecule has 1 N–H and O–H groups in total. The quantitative estimate of drug-likeness (QED) is 0.448. The van der Waals surface area contributed by atoms with Gasteiger partial charge in [-0.1, -0.05) is 19.0 Å². The number of aromatic nitrogens is 1. The molecule has 7 heteroatoms. The van der Waals surface area contributed by atoms with Crippen LogP contribution in [0, 0.1) is 5.41 Å². The number of hydrogen-bond donors (Lipinski definition) is 1. The third kappa shape index (κ3) is 4.82. The zero-order valence-corrected chi connectivity index (χ0v) is 16.6. The van der Waals surface area contributed by atoms with Gasteiger partial charge in [0.2, 0.25) is 0 Å². The number of halogens is 1. The van der Waals surface area contributed by atoms with Crippen molar-refractivity contribution >= 4 is 29.9 Å². The van der Waals surface area contributed by atoms with E-state index < -0.39 is 0 Å². The van der Waals surface area contributed by atoms with Crippen LogP contribution in [0.3, 0.4) is 0 Å². The summed E-state index contributed by atoms with van der Waals surface area (Å²) >= 11 is 0. The SMILES string of the molecule is CCN=C(NC1CC1(C)C)N1CCN(Cc2ccon2)CC1.I. The number of guanidine groups is 1. The molecule has 6 nitrogen and oxygen atoms in total. The molecule has 1 aromatic rings. The van der Waals surface area contributed by atoms with Crippen LogP contribution in [0.1, 0.15) is 32.9 Å². The van der Waals surface area contributed by atoms with E-state index in [-0.39, 0.29) is 24.0 Å². The van der Waals surface area contributed by atoms with E-state index in [1.807, 2.05) is 6.07 Å². The van der Waals surface area contributed by atoms with Crippen molar-refractivity contribution in [2.24, 2.45) is 10.4 Å². The van der Waals surface area contributed by atoms with E-state index in [1.165, 1.54) is 6.42 Å². The van der Waals surface area contributed by atoms with E-state index in [0.717, 1.165) is 50.9 Å². The molecule has 1 aliphatic carbocycles. The lowest BCUT2D eigenvalue weighted by Gasteiger charge is -2.36. The van der Waals surface area contributed by atoms with Gasteiger partial charge in [0.25, 0.3) is 0 Å². The second-order valence-electron chi connectivity index (χ2n) is 6.94. The zero-order valence-electron chi connectivity index (χ0n) is 14.3. The molecule has 1 atom stereocenters. The summed E-state index contributed by atoms with van der Waals surface area (Å²) in [7, 11) is 0. The first-order valence-corrected chi connectivity index (χ1v) is 8.26. The first-order valence-electron chi connectivity index (χ1n) is 8.26. The number of nitrogens with zero attached hydrogens (tertiary/aromatic N) is 4. The van der Waals surface area contributed by atoms with Gasteiger partial charge in [0.15, 0.2) is 5.96 Å². The summed E-state index contributed by atoms with van der Waals surface area (Å²) in [6.45, 7) is 12.5. The highest BCUT2D eigenvalue weighted by molar-refractivity contribution is 14.0. The van der Waals surface area contributed by atoms with Crippen LogP contribution in [0.15, 0.2) is 21.8 Å². The number of aliphatic imine (C=N–C) groups is 1. The van der Waals surface area contributed by atoms with Gasteiger partial charge in [-0.15, -0.1) is 24.0 Å². The van der Waals surface area contributed by atoms with E-state index in [9.17, 15) is 0 Å². The zero-order chi connectivity index (χ0) is 15.6. The second-order valence-corrected chi connectivity index (χ2v) is 6.94. The minimum absolute atomic E-state index is 0. The fraction of sp³-hybridized carbons (Fsp3) is 0.750. The Bertz CT molecular complexity index is 509. The Hall–Kier alpha value is -0.830. The molecule has 130 valence electrons. The lowest BCUT2D eigenvalue weighted by molar-refractivity contribution is 0.168. The van der Waals surface area contributed by atoms with Crippen molar-refractivity contribution in [3.05, 3.63) is 18.0 Å². The molecule has 2 heterocycles. The van der Waals surface area contributed by atoms with Gasteiger partial charge in [-0.2, -0.15) is 0 Å². The summed E-state index contributed by atoms with van der Waals surface area (Å²) in [4.78, 5) is 9.48. The fourth-order valence-electron chi connectivity index (χ4n) is 2.92. The third-order valence-corrected chi connectivity index (χ3v) is 4.67. The van der Waals surface area contributed by atoms with Crippen LogP contribution < -0.4 is 5.32 Å². The molecule has 2 aliphatic rings. The number of hydrogen-bond acceptors (Lipinski definition) is 4. The molecule has 1 saturated carbocycles. The molecule has 1 unspecified atom stereocenters. The predicted octanol–water partition coefficient (Wildman–Crippen LogP) is 2.17. The van der Waals surface area contributed by atoms with Crippen molar-refractivity contribution in [2.45, 2.75) is 39.8 Å². The van der Waals surface area contributed by atoms with E-state index in [4.69, 9.17) is 4.52 Å². The highest BCUT2D eigenvalue weighted by Gasteiger charge is 2.46. The standard InChI is InChI=1S/C16H27N5O.HI/c1-4-17-15(18-14-11-16(14,2)3)21-8-6-20(7-9-21)12-13-5-10-22-19-13;/h5,10,14H,4,6-9,11-12H2,1-3H3,(H,17,18);1H. The summed E-state index contributed by atoms with van der Waals surface area (Å²) < 4.78 is 4.90. The van der Waals surface area contributed by atoms with Crippen molar-refractivity contribution in [1.82, 2.24) is 20.3 Å². The maximum Gasteiger partial charge on any atom is 0.194 e. The molecular weight excluding hydrogens is 405 g/mol. The molecule has 0 amide bonds. The van der Waals surface area contributed by atoms with Crippen LogP contribution in [0.2, 0.25) is 0 Å². The summed E-state index contributed by atoms with van der Waals surface area (Å²) in [5.74, 6) is 1.08. The largest absolute Gasteiger partial charge is 0.364 e. The topological polar surface area (TPSA) is 56.9 Å². The maximum atomic E-state index is 4.90. The first-order chi connectivity index (χ1) is 10.6. The summed E-state index contributed by atoms with van der Waals surface area (Å²) in [6.07, 6.45) is 2.88. The predicted molar refractivity (Wildman–Crippen MR) is 102 cm³/mol. The van der Waals surface area contributed by atoms with Crippen LogP contribution in [-0.4, -0.2) is 59.7 Å². The summed E-state index contributed by atoms with van der Waals surface area (Å²) in [6, 6.07) is 2.51. The van der Waals surface area contributed by atoms with Crippen LogP contribution in [0.5, 0.6) is 0 Å². The summed E-state index contributed by atoms with van der Waals surface area (Å²) in [5.41, 5.74) is 1.43. The Labute approximate surface area is 155 Å². The molecule has 1 saturated heterocycles.